The number of hydrogen-bond donors (Lipinski definition) is 2. The van der Waals surface area contributed by atoms with Gasteiger partial charge in [-0.15, -0.1) is 0 Å². The van der Waals surface area contributed by atoms with E-state index in [-0.39, 0.29) is 10.7 Å². The van der Waals surface area contributed by atoms with Gasteiger partial charge in [0.1, 0.15) is 10.7 Å². The number of rotatable bonds is 6. The zero-order valence-electron chi connectivity index (χ0n) is 12.7. The van der Waals surface area contributed by atoms with E-state index in [0.29, 0.717) is 12.2 Å². The largest absolute Gasteiger partial charge is 0.449 e. The summed E-state index contributed by atoms with van der Waals surface area (Å²) in [5.41, 5.74) is 5.34. The number of hydrogen-bond acceptors (Lipinski definition) is 5. The van der Waals surface area contributed by atoms with E-state index < -0.39 is 24.0 Å². The molecule has 1 heterocycles. The molecule has 1 atom stereocenters. The standard InChI is InChI=1S/C13H19ClN4O4/c1-4-5-6-18-10(14)9(7(2)17-18)12(20)22-8(3)11(19)16-13(15)21/h8H,4-6H2,1-3H3,(H3,15,16,19,21)/t8-/m1/s1. The second-order valence-electron chi connectivity index (χ2n) is 4.73. The van der Waals surface area contributed by atoms with Crippen molar-refractivity contribution in [2.24, 2.45) is 5.73 Å². The molecule has 22 heavy (non-hydrogen) atoms. The Bertz CT molecular complexity index is 585. The van der Waals surface area contributed by atoms with Crippen molar-refractivity contribution in [2.45, 2.75) is 46.3 Å². The van der Waals surface area contributed by atoms with Crippen LogP contribution in [0.25, 0.3) is 0 Å². The predicted octanol–water partition coefficient (Wildman–Crippen LogP) is 1.39. The van der Waals surface area contributed by atoms with Crippen LogP contribution in [-0.4, -0.2) is 33.8 Å². The molecule has 0 aliphatic rings. The van der Waals surface area contributed by atoms with Crippen LogP contribution < -0.4 is 11.1 Å². The number of aryl methyl sites for hydroxylation is 2. The van der Waals surface area contributed by atoms with Crippen molar-refractivity contribution >= 4 is 29.5 Å². The van der Waals surface area contributed by atoms with Crippen LogP contribution in [0.3, 0.4) is 0 Å². The van der Waals surface area contributed by atoms with E-state index in [4.69, 9.17) is 22.1 Å². The second-order valence-corrected chi connectivity index (χ2v) is 5.09. The Morgan fingerprint density at radius 3 is 2.64 bits per heavy atom. The third-order valence-corrected chi connectivity index (χ3v) is 3.28. The average Bonchev–Trinajstić information content (AvgIpc) is 2.70. The molecule has 0 aromatic carbocycles. The summed E-state index contributed by atoms with van der Waals surface area (Å²) in [6, 6.07) is -1.02. The highest BCUT2D eigenvalue weighted by molar-refractivity contribution is 6.32. The number of primary amides is 1. The highest BCUT2D eigenvalue weighted by Gasteiger charge is 2.26. The van der Waals surface area contributed by atoms with Gasteiger partial charge in [0.2, 0.25) is 0 Å². The molecule has 122 valence electrons. The molecular weight excluding hydrogens is 312 g/mol. The van der Waals surface area contributed by atoms with Crippen LogP contribution in [-0.2, 0) is 16.1 Å². The van der Waals surface area contributed by atoms with Gasteiger partial charge in [0.25, 0.3) is 5.91 Å². The lowest BCUT2D eigenvalue weighted by Crippen LogP contribution is -2.42. The van der Waals surface area contributed by atoms with Gasteiger partial charge < -0.3 is 10.5 Å². The van der Waals surface area contributed by atoms with E-state index in [2.05, 4.69) is 5.10 Å². The maximum absolute atomic E-state index is 12.1. The molecule has 0 aliphatic heterocycles. The second kappa shape index (κ2) is 7.79. The Morgan fingerprint density at radius 1 is 1.45 bits per heavy atom. The number of ether oxygens (including phenoxy) is 1. The monoisotopic (exact) mass is 330 g/mol. The molecule has 1 rings (SSSR count). The molecule has 0 saturated carbocycles. The number of nitrogens with two attached hydrogens (primary N) is 1. The van der Waals surface area contributed by atoms with Gasteiger partial charge in [0.05, 0.1) is 5.69 Å². The summed E-state index contributed by atoms with van der Waals surface area (Å²) >= 11 is 6.13. The van der Waals surface area contributed by atoms with Crippen LogP contribution >= 0.6 is 11.6 Å². The van der Waals surface area contributed by atoms with Gasteiger partial charge in [-0.25, -0.2) is 9.59 Å². The van der Waals surface area contributed by atoms with Crippen LogP contribution in [0.1, 0.15) is 42.7 Å². The van der Waals surface area contributed by atoms with Crippen LogP contribution in [0.5, 0.6) is 0 Å². The lowest BCUT2D eigenvalue weighted by atomic mass is 10.2. The van der Waals surface area contributed by atoms with Crippen molar-refractivity contribution in [1.29, 1.82) is 0 Å². The first-order valence-electron chi connectivity index (χ1n) is 6.82. The normalized spacial score (nSPS) is 11.8. The molecule has 1 aromatic rings. The number of carbonyl (C=O) groups excluding carboxylic acids is 3. The fourth-order valence-electron chi connectivity index (χ4n) is 1.74. The highest BCUT2D eigenvalue weighted by atomic mass is 35.5. The molecule has 3 amide bonds. The number of esters is 1. The van der Waals surface area contributed by atoms with E-state index in [9.17, 15) is 14.4 Å². The average molecular weight is 331 g/mol. The number of nitrogens with one attached hydrogen (secondary N) is 1. The minimum absolute atomic E-state index is 0.108. The number of amides is 3. The minimum Gasteiger partial charge on any atom is -0.449 e. The molecule has 0 aliphatic carbocycles. The summed E-state index contributed by atoms with van der Waals surface area (Å²) < 4.78 is 6.50. The summed E-state index contributed by atoms with van der Waals surface area (Å²) in [5.74, 6) is -1.59. The highest BCUT2D eigenvalue weighted by Crippen LogP contribution is 2.21. The summed E-state index contributed by atoms with van der Waals surface area (Å²) in [6.07, 6.45) is 0.640. The molecular formula is C13H19ClN4O4. The maximum atomic E-state index is 12.1. The number of aromatic nitrogens is 2. The van der Waals surface area contributed by atoms with E-state index in [1.165, 1.54) is 11.6 Å². The first-order chi connectivity index (χ1) is 10.3. The summed E-state index contributed by atoms with van der Waals surface area (Å²) in [6.45, 7) is 5.56. The molecule has 0 bridgehead atoms. The van der Waals surface area contributed by atoms with Gasteiger partial charge in [0.15, 0.2) is 6.10 Å². The first kappa shape index (κ1) is 18.0. The molecule has 0 spiro atoms. The van der Waals surface area contributed by atoms with Gasteiger partial charge in [-0.1, -0.05) is 24.9 Å². The zero-order valence-corrected chi connectivity index (χ0v) is 13.4. The quantitative estimate of drug-likeness (QED) is 0.764. The molecule has 8 nitrogen and oxygen atoms in total. The predicted molar refractivity (Wildman–Crippen MR) is 79.5 cm³/mol. The lowest BCUT2D eigenvalue weighted by molar-refractivity contribution is -0.127. The van der Waals surface area contributed by atoms with Crippen molar-refractivity contribution in [3.8, 4) is 0 Å². The van der Waals surface area contributed by atoms with Crippen molar-refractivity contribution in [2.75, 3.05) is 0 Å². The topological polar surface area (TPSA) is 116 Å². The van der Waals surface area contributed by atoms with Crippen molar-refractivity contribution < 1.29 is 19.1 Å². The SMILES string of the molecule is CCCCn1nc(C)c(C(=O)O[C@H](C)C(=O)NC(N)=O)c1Cl. The minimum atomic E-state index is -1.19. The van der Waals surface area contributed by atoms with Gasteiger partial charge >= 0.3 is 12.0 Å². The Balaban J connectivity index is 2.83. The molecule has 0 unspecified atom stereocenters. The van der Waals surface area contributed by atoms with Crippen LogP contribution in [0.15, 0.2) is 0 Å². The van der Waals surface area contributed by atoms with Gasteiger partial charge in [-0.05, 0) is 20.3 Å². The van der Waals surface area contributed by atoms with Crippen molar-refractivity contribution in [3.05, 3.63) is 16.4 Å². The maximum Gasteiger partial charge on any atom is 0.343 e. The third kappa shape index (κ3) is 4.45. The van der Waals surface area contributed by atoms with E-state index >= 15 is 0 Å². The van der Waals surface area contributed by atoms with Crippen molar-refractivity contribution in [1.82, 2.24) is 15.1 Å². The Morgan fingerprint density at radius 2 is 2.09 bits per heavy atom. The number of nitrogens with zero attached hydrogens (tertiary/aromatic N) is 2. The summed E-state index contributed by atoms with van der Waals surface area (Å²) in [5, 5.41) is 6.17. The van der Waals surface area contributed by atoms with E-state index in [1.54, 1.807) is 6.92 Å². The third-order valence-electron chi connectivity index (χ3n) is 2.89. The fourth-order valence-corrected chi connectivity index (χ4v) is 2.07. The molecule has 0 radical (unpaired) electrons. The number of urea groups is 1. The van der Waals surface area contributed by atoms with Gasteiger partial charge in [0, 0.05) is 6.54 Å². The number of halogens is 1. The Labute approximate surface area is 132 Å². The molecule has 9 heteroatoms. The van der Waals surface area contributed by atoms with Crippen molar-refractivity contribution in [3.63, 3.8) is 0 Å². The lowest BCUT2D eigenvalue weighted by Gasteiger charge is -2.11. The molecule has 0 saturated heterocycles. The van der Waals surface area contributed by atoms with Gasteiger partial charge in [-0.3, -0.25) is 14.8 Å². The van der Waals surface area contributed by atoms with Crippen LogP contribution in [0.4, 0.5) is 4.79 Å². The first-order valence-corrected chi connectivity index (χ1v) is 7.19. The van der Waals surface area contributed by atoms with Crippen LogP contribution in [0.2, 0.25) is 5.15 Å². The number of imide groups is 1. The van der Waals surface area contributed by atoms with E-state index in [0.717, 1.165) is 12.8 Å². The zero-order chi connectivity index (χ0) is 16.9. The fraction of sp³-hybridized carbons (Fsp3) is 0.538. The Kier molecular flexibility index (Phi) is 6.36. The molecule has 3 N–H and O–H groups in total. The van der Waals surface area contributed by atoms with Gasteiger partial charge in [-0.2, -0.15) is 5.10 Å². The van der Waals surface area contributed by atoms with Crippen LogP contribution in [0, 0.1) is 6.92 Å². The molecule has 0 fully saturated rings. The number of unbranched alkanes of at least 4 members (excludes halogenated alkanes) is 1. The Hall–Kier alpha value is -2.09. The van der Waals surface area contributed by atoms with E-state index in [1.807, 2.05) is 12.2 Å². The summed E-state index contributed by atoms with van der Waals surface area (Å²) in [4.78, 5) is 34.2. The summed E-state index contributed by atoms with van der Waals surface area (Å²) in [7, 11) is 0. The molecule has 1 aromatic heterocycles. The number of carbonyl (C=O) groups is 3. The smallest absolute Gasteiger partial charge is 0.343 e.